The van der Waals surface area contributed by atoms with Crippen molar-refractivity contribution < 1.29 is 19.4 Å². The van der Waals surface area contributed by atoms with Crippen LogP contribution in [0.15, 0.2) is 60.7 Å². The van der Waals surface area contributed by atoms with E-state index in [1.165, 1.54) is 12.1 Å². The molecule has 2 aromatic carbocycles. The molecular weight excluding hydrogens is 418 g/mol. The lowest BCUT2D eigenvalue weighted by molar-refractivity contribution is 0.0369. The monoisotopic (exact) mass is 447 g/mol. The number of nitrogens with zero attached hydrogens (tertiary/aromatic N) is 2. The van der Waals surface area contributed by atoms with E-state index in [1.807, 2.05) is 43.3 Å². The number of nitrogens with one attached hydrogen (secondary N) is 1. The second kappa shape index (κ2) is 10.5. The first-order valence-corrected chi connectivity index (χ1v) is 11.2. The van der Waals surface area contributed by atoms with E-state index in [-0.39, 0.29) is 11.5 Å². The summed E-state index contributed by atoms with van der Waals surface area (Å²) < 4.78 is 7.64. The average Bonchev–Trinajstić information content (AvgIpc) is 3.17. The summed E-state index contributed by atoms with van der Waals surface area (Å²) in [5.74, 6) is -1.28. The number of carboxylic acid groups (broad SMARTS) is 1. The van der Waals surface area contributed by atoms with Gasteiger partial charge in [-0.2, -0.15) is 0 Å². The standard InChI is InChI=1S/C26H29N3O4/c1-19-23(25(30)27-22-10-5-9-21(17-22)26(31)32)18-24(20-7-3-2-4-8-20)29(19)12-6-11-28-13-15-33-16-14-28/h2-5,7-10,17-18H,6,11-16H2,1H3,(H,27,30)(H,31,32). The SMILES string of the molecule is Cc1c(C(=O)Nc2cccc(C(=O)O)c2)cc(-c2ccccc2)n1CCCN1CCOCC1. The lowest BCUT2D eigenvalue weighted by atomic mass is 10.1. The van der Waals surface area contributed by atoms with Crippen molar-refractivity contribution in [1.29, 1.82) is 0 Å². The quantitative estimate of drug-likeness (QED) is 0.542. The summed E-state index contributed by atoms with van der Waals surface area (Å²) in [4.78, 5) is 26.8. The van der Waals surface area contributed by atoms with Crippen molar-refractivity contribution in [2.75, 3.05) is 38.2 Å². The smallest absolute Gasteiger partial charge is 0.335 e. The molecule has 7 nitrogen and oxygen atoms in total. The van der Waals surface area contributed by atoms with Gasteiger partial charge >= 0.3 is 5.97 Å². The highest BCUT2D eigenvalue weighted by molar-refractivity contribution is 6.06. The van der Waals surface area contributed by atoms with Gasteiger partial charge in [0.05, 0.1) is 24.3 Å². The molecule has 0 spiro atoms. The lowest BCUT2D eigenvalue weighted by Crippen LogP contribution is -2.37. The van der Waals surface area contributed by atoms with E-state index in [4.69, 9.17) is 4.74 Å². The Balaban J connectivity index is 1.56. The number of carboxylic acids is 1. The first kappa shape index (κ1) is 22.8. The van der Waals surface area contributed by atoms with Crippen molar-refractivity contribution in [2.45, 2.75) is 19.9 Å². The minimum Gasteiger partial charge on any atom is -0.478 e. The van der Waals surface area contributed by atoms with Crippen molar-refractivity contribution >= 4 is 17.6 Å². The first-order valence-electron chi connectivity index (χ1n) is 11.2. The molecule has 0 atom stereocenters. The summed E-state index contributed by atoms with van der Waals surface area (Å²) in [6.07, 6.45) is 0.969. The van der Waals surface area contributed by atoms with Gasteiger partial charge in [-0.15, -0.1) is 0 Å². The number of amides is 1. The average molecular weight is 448 g/mol. The normalized spacial score (nSPS) is 14.2. The number of anilines is 1. The van der Waals surface area contributed by atoms with Crippen LogP contribution in [0.5, 0.6) is 0 Å². The number of benzene rings is 2. The van der Waals surface area contributed by atoms with Gasteiger partial charge in [-0.25, -0.2) is 4.79 Å². The number of aromatic carboxylic acids is 1. The van der Waals surface area contributed by atoms with Crippen LogP contribution >= 0.6 is 0 Å². The molecule has 0 bridgehead atoms. The highest BCUT2D eigenvalue weighted by Gasteiger charge is 2.19. The number of carbonyl (C=O) groups is 2. The van der Waals surface area contributed by atoms with Gasteiger partial charge in [0.1, 0.15) is 0 Å². The highest BCUT2D eigenvalue weighted by atomic mass is 16.5. The van der Waals surface area contributed by atoms with Gasteiger partial charge in [-0.1, -0.05) is 36.4 Å². The van der Waals surface area contributed by atoms with Crippen molar-refractivity contribution in [3.05, 3.63) is 77.5 Å². The number of carbonyl (C=O) groups excluding carboxylic acids is 1. The van der Waals surface area contributed by atoms with Crippen LogP contribution in [0.3, 0.4) is 0 Å². The largest absolute Gasteiger partial charge is 0.478 e. The van der Waals surface area contributed by atoms with Gasteiger partial charge in [-0.05, 0) is 43.2 Å². The minimum absolute atomic E-state index is 0.134. The van der Waals surface area contributed by atoms with E-state index in [0.717, 1.165) is 62.8 Å². The summed E-state index contributed by atoms with van der Waals surface area (Å²) in [5, 5.41) is 12.1. The molecule has 0 aliphatic carbocycles. The Labute approximate surface area is 193 Å². The zero-order chi connectivity index (χ0) is 23.2. The summed E-state index contributed by atoms with van der Waals surface area (Å²) in [7, 11) is 0. The molecule has 1 aliphatic rings. The Hall–Kier alpha value is -3.42. The molecule has 1 fully saturated rings. The Morgan fingerprint density at radius 3 is 2.48 bits per heavy atom. The molecule has 2 N–H and O–H groups in total. The number of rotatable bonds is 8. The lowest BCUT2D eigenvalue weighted by Gasteiger charge is -2.26. The number of hydrogen-bond acceptors (Lipinski definition) is 4. The molecule has 172 valence electrons. The van der Waals surface area contributed by atoms with Gasteiger partial charge in [-0.3, -0.25) is 9.69 Å². The van der Waals surface area contributed by atoms with E-state index < -0.39 is 5.97 Å². The zero-order valence-electron chi connectivity index (χ0n) is 18.8. The maximum Gasteiger partial charge on any atom is 0.335 e. The van der Waals surface area contributed by atoms with E-state index in [1.54, 1.807) is 12.1 Å². The zero-order valence-corrected chi connectivity index (χ0v) is 18.8. The number of ether oxygens (including phenoxy) is 1. The van der Waals surface area contributed by atoms with Crippen LogP contribution in [0.2, 0.25) is 0 Å². The molecule has 1 amide bonds. The van der Waals surface area contributed by atoms with Crippen molar-refractivity contribution in [2.24, 2.45) is 0 Å². The van der Waals surface area contributed by atoms with E-state index in [0.29, 0.717) is 11.3 Å². The van der Waals surface area contributed by atoms with E-state index in [9.17, 15) is 14.7 Å². The molecule has 3 aromatic rings. The van der Waals surface area contributed by atoms with Gasteiger partial charge in [0.15, 0.2) is 0 Å². The number of aromatic nitrogens is 1. The van der Waals surface area contributed by atoms with Crippen LogP contribution in [0.1, 0.15) is 32.8 Å². The second-order valence-corrected chi connectivity index (χ2v) is 8.19. The molecule has 4 rings (SSSR count). The molecule has 33 heavy (non-hydrogen) atoms. The molecular formula is C26H29N3O4. The number of morpholine rings is 1. The summed E-state index contributed by atoms with van der Waals surface area (Å²) in [6.45, 7) is 7.23. The van der Waals surface area contributed by atoms with Crippen molar-refractivity contribution in [3.63, 3.8) is 0 Å². The molecule has 1 aliphatic heterocycles. The third-order valence-electron chi connectivity index (χ3n) is 6.01. The van der Waals surface area contributed by atoms with Crippen LogP contribution in [-0.4, -0.2) is 59.3 Å². The number of hydrogen-bond donors (Lipinski definition) is 2. The van der Waals surface area contributed by atoms with Crippen LogP contribution in [0, 0.1) is 6.92 Å². The van der Waals surface area contributed by atoms with E-state index in [2.05, 4.69) is 14.8 Å². The maximum atomic E-state index is 13.1. The van der Waals surface area contributed by atoms with Crippen LogP contribution in [0.25, 0.3) is 11.3 Å². The summed E-state index contributed by atoms with van der Waals surface area (Å²) >= 11 is 0. The summed E-state index contributed by atoms with van der Waals surface area (Å²) in [5.41, 5.74) is 4.12. The highest BCUT2D eigenvalue weighted by Crippen LogP contribution is 2.27. The molecule has 0 unspecified atom stereocenters. The minimum atomic E-state index is -1.03. The fourth-order valence-corrected chi connectivity index (χ4v) is 4.22. The Morgan fingerprint density at radius 1 is 1.00 bits per heavy atom. The Kier molecular flexibility index (Phi) is 7.22. The predicted octanol–water partition coefficient (Wildman–Crippen LogP) is 4.14. The predicted molar refractivity (Wildman–Crippen MR) is 128 cm³/mol. The molecule has 1 saturated heterocycles. The van der Waals surface area contributed by atoms with Crippen LogP contribution in [0.4, 0.5) is 5.69 Å². The van der Waals surface area contributed by atoms with Crippen molar-refractivity contribution in [1.82, 2.24) is 9.47 Å². The molecule has 0 radical (unpaired) electrons. The fourth-order valence-electron chi connectivity index (χ4n) is 4.22. The van der Waals surface area contributed by atoms with Crippen molar-refractivity contribution in [3.8, 4) is 11.3 Å². The van der Waals surface area contributed by atoms with Gasteiger partial charge < -0.3 is 19.7 Å². The molecule has 2 heterocycles. The Morgan fingerprint density at radius 2 is 1.76 bits per heavy atom. The maximum absolute atomic E-state index is 13.1. The Bertz CT molecular complexity index is 1120. The van der Waals surface area contributed by atoms with Crippen LogP contribution < -0.4 is 5.32 Å². The third kappa shape index (κ3) is 5.50. The van der Waals surface area contributed by atoms with E-state index >= 15 is 0 Å². The second-order valence-electron chi connectivity index (χ2n) is 8.19. The third-order valence-corrected chi connectivity index (χ3v) is 6.01. The van der Waals surface area contributed by atoms with Crippen LogP contribution in [-0.2, 0) is 11.3 Å². The van der Waals surface area contributed by atoms with Gasteiger partial charge in [0.25, 0.3) is 5.91 Å². The van der Waals surface area contributed by atoms with Gasteiger partial charge in [0.2, 0.25) is 0 Å². The first-order chi connectivity index (χ1) is 16.0. The fraction of sp³-hybridized carbons (Fsp3) is 0.308. The molecule has 0 saturated carbocycles. The molecule has 1 aromatic heterocycles. The topological polar surface area (TPSA) is 83.8 Å². The van der Waals surface area contributed by atoms with Gasteiger partial charge in [0, 0.05) is 43.3 Å². The molecule has 7 heteroatoms. The summed E-state index contributed by atoms with van der Waals surface area (Å²) in [6, 6.07) is 18.3.